The fourth-order valence-corrected chi connectivity index (χ4v) is 2.67. The number of pyridine rings is 1. The molecule has 8 heteroatoms. The van der Waals surface area contributed by atoms with E-state index in [4.69, 9.17) is 5.73 Å². The van der Waals surface area contributed by atoms with Crippen molar-refractivity contribution in [1.82, 2.24) is 19.5 Å². The average Bonchev–Trinajstić information content (AvgIpc) is 2.76. The highest BCUT2D eigenvalue weighted by atomic mass is 32.2. The molecule has 0 saturated carbocycles. The van der Waals surface area contributed by atoms with Crippen LogP contribution in [0.15, 0.2) is 30.6 Å². The third-order valence-corrected chi connectivity index (χ3v) is 4.23. The van der Waals surface area contributed by atoms with E-state index < -0.39 is 10.0 Å². The van der Waals surface area contributed by atoms with Crippen molar-refractivity contribution in [3.63, 3.8) is 0 Å². The Hall–Kier alpha value is -1.93. The lowest BCUT2D eigenvalue weighted by molar-refractivity contribution is 0.580. The van der Waals surface area contributed by atoms with Crippen LogP contribution >= 0.6 is 0 Å². The maximum Gasteiger partial charge on any atom is 0.212 e. The van der Waals surface area contributed by atoms with E-state index >= 15 is 0 Å². The highest BCUT2D eigenvalue weighted by molar-refractivity contribution is 7.89. The zero-order chi connectivity index (χ0) is 14.6. The van der Waals surface area contributed by atoms with Gasteiger partial charge in [0.25, 0.3) is 0 Å². The minimum atomic E-state index is -3.37. The number of nitrogens with zero attached hydrogens (tertiary/aromatic N) is 3. The molecular formula is C12H17N5O2S. The molecular weight excluding hydrogens is 278 g/mol. The minimum absolute atomic E-state index is 0.00974. The number of nitrogens with one attached hydrogen (secondary N) is 1. The second kappa shape index (κ2) is 6.02. The number of nitrogens with two attached hydrogens (primary N) is 1. The first-order valence-corrected chi connectivity index (χ1v) is 7.77. The molecule has 0 fully saturated rings. The summed E-state index contributed by atoms with van der Waals surface area (Å²) in [6, 6.07) is 5.43. The molecule has 20 heavy (non-hydrogen) atoms. The molecule has 0 saturated heterocycles. The van der Waals surface area contributed by atoms with E-state index in [9.17, 15) is 8.42 Å². The van der Waals surface area contributed by atoms with Gasteiger partial charge in [-0.05, 0) is 12.1 Å². The van der Waals surface area contributed by atoms with Crippen molar-refractivity contribution in [1.29, 1.82) is 0 Å². The van der Waals surface area contributed by atoms with Crippen molar-refractivity contribution in [2.75, 3.05) is 11.5 Å². The normalized spacial score (nSPS) is 11.7. The van der Waals surface area contributed by atoms with Crippen LogP contribution in [0.1, 0.15) is 11.3 Å². The van der Waals surface area contributed by atoms with Crippen LogP contribution in [0.3, 0.4) is 0 Å². The van der Waals surface area contributed by atoms with Gasteiger partial charge >= 0.3 is 0 Å². The smallest absolute Gasteiger partial charge is 0.212 e. The third kappa shape index (κ3) is 3.78. The van der Waals surface area contributed by atoms with E-state index in [1.54, 1.807) is 31.6 Å². The Morgan fingerprint density at radius 1 is 1.40 bits per heavy atom. The number of rotatable bonds is 6. The Balaban J connectivity index is 1.90. The van der Waals surface area contributed by atoms with Crippen molar-refractivity contribution in [2.45, 2.75) is 13.0 Å². The molecule has 0 radical (unpaired) electrons. The number of nitrogen functional groups attached to an aromatic ring is 1. The number of aromatic nitrogens is 3. The third-order valence-electron chi connectivity index (χ3n) is 2.90. The lowest BCUT2D eigenvalue weighted by Crippen LogP contribution is -2.27. The Labute approximate surface area is 117 Å². The monoisotopic (exact) mass is 295 g/mol. The zero-order valence-corrected chi connectivity index (χ0v) is 12.0. The molecule has 0 aliphatic rings. The van der Waals surface area contributed by atoms with Crippen LogP contribution in [0, 0.1) is 0 Å². The Morgan fingerprint density at radius 3 is 2.80 bits per heavy atom. The van der Waals surface area contributed by atoms with Gasteiger partial charge in [0.05, 0.1) is 11.9 Å². The summed E-state index contributed by atoms with van der Waals surface area (Å²) in [6.45, 7) is 0.143. The van der Waals surface area contributed by atoms with Crippen molar-refractivity contribution < 1.29 is 8.42 Å². The molecule has 0 atom stereocenters. The van der Waals surface area contributed by atoms with Gasteiger partial charge in [-0.3, -0.25) is 9.67 Å². The summed E-state index contributed by atoms with van der Waals surface area (Å²) in [7, 11) is -1.67. The Morgan fingerprint density at radius 2 is 2.20 bits per heavy atom. The van der Waals surface area contributed by atoms with Gasteiger partial charge in [-0.15, -0.1) is 0 Å². The topological polar surface area (TPSA) is 103 Å². The van der Waals surface area contributed by atoms with Gasteiger partial charge < -0.3 is 5.73 Å². The quantitative estimate of drug-likeness (QED) is 0.784. The van der Waals surface area contributed by atoms with Gasteiger partial charge in [0, 0.05) is 37.5 Å². The molecule has 3 N–H and O–H groups in total. The summed E-state index contributed by atoms with van der Waals surface area (Å²) >= 11 is 0. The van der Waals surface area contributed by atoms with Crippen LogP contribution < -0.4 is 10.5 Å². The minimum Gasteiger partial charge on any atom is -0.384 e. The number of hydrogen-bond acceptors (Lipinski definition) is 5. The van der Waals surface area contributed by atoms with Crippen molar-refractivity contribution in [2.24, 2.45) is 7.05 Å². The molecule has 0 aliphatic heterocycles. The van der Waals surface area contributed by atoms with E-state index in [1.807, 2.05) is 6.07 Å². The lowest BCUT2D eigenvalue weighted by atomic mass is 10.3. The zero-order valence-electron chi connectivity index (χ0n) is 11.2. The molecule has 2 aromatic rings. The molecule has 2 heterocycles. The van der Waals surface area contributed by atoms with Gasteiger partial charge in [-0.2, -0.15) is 5.10 Å². The predicted molar refractivity (Wildman–Crippen MR) is 76.2 cm³/mol. The Kier molecular flexibility index (Phi) is 4.35. The summed E-state index contributed by atoms with van der Waals surface area (Å²) in [4.78, 5) is 4.09. The summed E-state index contributed by atoms with van der Waals surface area (Å²) in [5, 5.41) is 3.96. The maximum absolute atomic E-state index is 11.9. The molecule has 7 nitrogen and oxygen atoms in total. The fourth-order valence-electron chi connectivity index (χ4n) is 1.67. The van der Waals surface area contributed by atoms with Gasteiger partial charge in [0.2, 0.25) is 10.0 Å². The average molecular weight is 295 g/mol. The summed E-state index contributed by atoms with van der Waals surface area (Å²) in [6.07, 6.45) is 3.57. The van der Waals surface area contributed by atoms with Crippen LogP contribution in [0.5, 0.6) is 0 Å². The number of sulfonamides is 1. The first-order chi connectivity index (χ1) is 9.48. The standard InChI is InChI=1S/C12H17N5O2S/c1-17-12(13)10(8-15-17)9-16-20(18,19)7-5-11-4-2-3-6-14-11/h2-4,6,8,16H,5,7,9,13H2,1H3. The van der Waals surface area contributed by atoms with Gasteiger partial charge in [-0.1, -0.05) is 6.07 Å². The molecule has 0 unspecified atom stereocenters. The van der Waals surface area contributed by atoms with Gasteiger partial charge in [0.1, 0.15) is 5.82 Å². The van der Waals surface area contributed by atoms with Crippen molar-refractivity contribution >= 4 is 15.8 Å². The van der Waals surface area contributed by atoms with Crippen LogP contribution in [0.25, 0.3) is 0 Å². The summed E-state index contributed by atoms with van der Waals surface area (Å²) in [5.41, 5.74) is 7.16. The van der Waals surface area contributed by atoms with E-state index in [2.05, 4.69) is 14.8 Å². The number of aryl methyl sites for hydroxylation is 2. The van der Waals surface area contributed by atoms with Crippen LogP contribution in [0.4, 0.5) is 5.82 Å². The number of hydrogen-bond donors (Lipinski definition) is 2. The molecule has 2 aromatic heterocycles. The summed E-state index contributed by atoms with van der Waals surface area (Å²) < 4.78 is 27.8. The second-order valence-electron chi connectivity index (χ2n) is 4.39. The van der Waals surface area contributed by atoms with Crippen LogP contribution in [0.2, 0.25) is 0 Å². The van der Waals surface area contributed by atoms with Crippen molar-refractivity contribution in [3.05, 3.63) is 41.9 Å². The largest absolute Gasteiger partial charge is 0.384 e. The SMILES string of the molecule is Cn1ncc(CNS(=O)(=O)CCc2ccccn2)c1N. The number of anilines is 1. The first kappa shape index (κ1) is 14.5. The van der Waals surface area contributed by atoms with Gasteiger partial charge in [0.15, 0.2) is 0 Å². The van der Waals surface area contributed by atoms with Crippen LogP contribution in [-0.4, -0.2) is 28.9 Å². The maximum atomic E-state index is 11.9. The van der Waals surface area contributed by atoms with Crippen LogP contribution in [-0.2, 0) is 30.0 Å². The molecule has 0 spiro atoms. The second-order valence-corrected chi connectivity index (χ2v) is 6.32. The highest BCUT2D eigenvalue weighted by Gasteiger charge is 2.13. The molecule has 0 bridgehead atoms. The van der Waals surface area contributed by atoms with E-state index in [-0.39, 0.29) is 12.3 Å². The summed E-state index contributed by atoms with van der Waals surface area (Å²) in [5.74, 6) is 0.446. The van der Waals surface area contributed by atoms with E-state index in [0.717, 1.165) is 5.69 Å². The fraction of sp³-hybridized carbons (Fsp3) is 0.333. The highest BCUT2D eigenvalue weighted by Crippen LogP contribution is 2.09. The predicted octanol–water partition coefficient (Wildman–Crippen LogP) is 0.0594. The molecule has 108 valence electrons. The molecule has 0 aromatic carbocycles. The van der Waals surface area contributed by atoms with E-state index in [1.165, 1.54) is 4.68 Å². The van der Waals surface area contributed by atoms with Gasteiger partial charge in [-0.25, -0.2) is 13.1 Å². The Bertz CT molecular complexity index is 666. The first-order valence-electron chi connectivity index (χ1n) is 6.11. The molecule has 2 rings (SSSR count). The lowest BCUT2D eigenvalue weighted by Gasteiger charge is -2.06. The molecule has 0 amide bonds. The molecule has 0 aliphatic carbocycles. The van der Waals surface area contributed by atoms with Crippen molar-refractivity contribution in [3.8, 4) is 0 Å². The van der Waals surface area contributed by atoms with E-state index in [0.29, 0.717) is 17.8 Å².